The third kappa shape index (κ3) is 3.60. The summed E-state index contributed by atoms with van der Waals surface area (Å²) < 4.78 is 13.9. The molecule has 2 aromatic rings. The van der Waals surface area contributed by atoms with Crippen LogP contribution in [0.4, 0.5) is 4.39 Å². The second kappa shape index (κ2) is 6.99. The summed E-state index contributed by atoms with van der Waals surface area (Å²) >= 11 is 0. The standard InChI is InChI=1S/C22H24FNO/c23-21-9-5-4-8-18(21)19-15-20(19)22(25)24-12-10-17(11-13-24)14-16-6-2-1-3-7-16/h1-9,17,19-20H,10-15H2/t19-,20-/m1/s1. The second-order valence-electron chi connectivity index (χ2n) is 7.43. The number of rotatable bonds is 4. The molecule has 1 aliphatic carbocycles. The van der Waals surface area contributed by atoms with Gasteiger partial charge in [0.1, 0.15) is 5.82 Å². The van der Waals surface area contributed by atoms with Gasteiger partial charge >= 0.3 is 0 Å². The van der Waals surface area contributed by atoms with Crippen LogP contribution in [0.25, 0.3) is 0 Å². The highest BCUT2D eigenvalue weighted by Gasteiger charge is 2.47. The summed E-state index contributed by atoms with van der Waals surface area (Å²) in [6.07, 6.45) is 4.03. The summed E-state index contributed by atoms with van der Waals surface area (Å²) in [6.45, 7) is 1.69. The highest BCUT2D eigenvalue weighted by Crippen LogP contribution is 2.49. The average Bonchev–Trinajstić information content (AvgIpc) is 3.44. The summed E-state index contributed by atoms with van der Waals surface area (Å²) in [6, 6.07) is 17.5. The van der Waals surface area contributed by atoms with Crippen molar-refractivity contribution in [1.82, 2.24) is 4.90 Å². The van der Waals surface area contributed by atoms with Crippen molar-refractivity contribution in [2.45, 2.75) is 31.6 Å². The molecule has 0 N–H and O–H groups in total. The molecular formula is C22H24FNO. The van der Waals surface area contributed by atoms with Gasteiger partial charge in [0.15, 0.2) is 0 Å². The zero-order valence-corrected chi connectivity index (χ0v) is 14.4. The maximum Gasteiger partial charge on any atom is 0.226 e. The Labute approximate surface area is 148 Å². The van der Waals surface area contributed by atoms with Crippen LogP contribution in [0, 0.1) is 17.7 Å². The fourth-order valence-electron chi connectivity index (χ4n) is 4.13. The van der Waals surface area contributed by atoms with Gasteiger partial charge in [-0.3, -0.25) is 4.79 Å². The lowest BCUT2D eigenvalue weighted by molar-refractivity contribution is -0.134. The van der Waals surface area contributed by atoms with Crippen molar-refractivity contribution in [2.24, 2.45) is 11.8 Å². The topological polar surface area (TPSA) is 20.3 Å². The Hall–Kier alpha value is -2.16. The number of hydrogen-bond acceptors (Lipinski definition) is 1. The minimum absolute atomic E-state index is 0.0115. The quantitative estimate of drug-likeness (QED) is 0.809. The van der Waals surface area contributed by atoms with Crippen LogP contribution >= 0.6 is 0 Å². The third-order valence-corrected chi connectivity index (χ3v) is 5.71. The normalized spacial score (nSPS) is 23.5. The molecule has 4 rings (SSSR count). The van der Waals surface area contributed by atoms with Crippen LogP contribution in [0.1, 0.15) is 36.3 Å². The predicted octanol–water partition coefficient (Wildman–Crippen LogP) is 4.41. The molecule has 0 radical (unpaired) electrons. The zero-order valence-electron chi connectivity index (χ0n) is 14.4. The number of halogens is 1. The lowest BCUT2D eigenvalue weighted by Gasteiger charge is -2.32. The van der Waals surface area contributed by atoms with E-state index in [1.54, 1.807) is 6.07 Å². The van der Waals surface area contributed by atoms with Crippen LogP contribution in [0.3, 0.4) is 0 Å². The van der Waals surface area contributed by atoms with Gasteiger partial charge in [0.2, 0.25) is 5.91 Å². The number of nitrogens with zero attached hydrogens (tertiary/aromatic N) is 1. The Balaban J connectivity index is 1.30. The Kier molecular flexibility index (Phi) is 4.56. The van der Waals surface area contributed by atoms with E-state index in [4.69, 9.17) is 0 Å². The molecule has 2 aliphatic rings. The van der Waals surface area contributed by atoms with Crippen LogP contribution < -0.4 is 0 Å². The van der Waals surface area contributed by atoms with E-state index >= 15 is 0 Å². The fourth-order valence-corrected chi connectivity index (χ4v) is 4.13. The molecule has 0 unspecified atom stereocenters. The SMILES string of the molecule is O=C([C@@H]1C[C@@H]1c1ccccc1F)N1CCC(Cc2ccccc2)CC1. The molecule has 0 spiro atoms. The van der Waals surface area contributed by atoms with E-state index in [1.165, 1.54) is 11.6 Å². The second-order valence-corrected chi connectivity index (χ2v) is 7.43. The Morgan fingerprint density at radius 3 is 2.40 bits per heavy atom. The summed E-state index contributed by atoms with van der Waals surface area (Å²) in [7, 11) is 0. The molecule has 130 valence electrons. The van der Waals surface area contributed by atoms with Crippen molar-refractivity contribution < 1.29 is 9.18 Å². The number of amides is 1. The van der Waals surface area contributed by atoms with Gasteiger partial charge in [-0.2, -0.15) is 0 Å². The Morgan fingerprint density at radius 2 is 1.68 bits per heavy atom. The fraction of sp³-hybridized carbons (Fsp3) is 0.409. The van der Waals surface area contributed by atoms with Crippen LogP contribution in [-0.2, 0) is 11.2 Å². The van der Waals surface area contributed by atoms with Gasteiger partial charge in [0, 0.05) is 19.0 Å². The maximum absolute atomic E-state index is 13.9. The van der Waals surface area contributed by atoms with E-state index in [9.17, 15) is 9.18 Å². The molecule has 1 saturated heterocycles. The van der Waals surface area contributed by atoms with E-state index in [1.807, 2.05) is 23.1 Å². The Bertz CT molecular complexity index is 737. The van der Waals surface area contributed by atoms with Crippen LogP contribution in [0.15, 0.2) is 54.6 Å². The molecule has 2 fully saturated rings. The average molecular weight is 337 g/mol. The molecular weight excluding hydrogens is 313 g/mol. The van der Waals surface area contributed by atoms with Gasteiger partial charge in [-0.15, -0.1) is 0 Å². The monoisotopic (exact) mass is 337 g/mol. The molecule has 25 heavy (non-hydrogen) atoms. The Morgan fingerprint density at radius 1 is 1.00 bits per heavy atom. The van der Waals surface area contributed by atoms with Crippen LogP contribution in [-0.4, -0.2) is 23.9 Å². The molecule has 1 amide bonds. The van der Waals surface area contributed by atoms with Crippen molar-refractivity contribution in [3.05, 3.63) is 71.5 Å². The molecule has 3 heteroatoms. The van der Waals surface area contributed by atoms with E-state index in [-0.39, 0.29) is 23.6 Å². The molecule has 2 nitrogen and oxygen atoms in total. The highest BCUT2D eigenvalue weighted by molar-refractivity contribution is 5.83. The van der Waals surface area contributed by atoms with Crippen molar-refractivity contribution in [2.75, 3.05) is 13.1 Å². The van der Waals surface area contributed by atoms with Gasteiger partial charge < -0.3 is 4.90 Å². The van der Waals surface area contributed by atoms with Gasteiger partial charge in [-0.05, 0) is 54.7 Å². The first-order chi connectivity index (χ1) is 12.2. The van der Waals surface area contributed by atoms with Crippen LogP contribution in [0.5, 0.6) is 0 Å². The number of piperidine rings is 1. The maximum atomic E-state index is 13.9. The summed E-state index contributed by atoms with van der Waals surface area (Å²) in [5.41, 5.74) is 2.09. The van der Waals surface area contributed by atoms with Gasteiger partial charge in [0.25, 0.3) is 0 Å². The molecule has 0 aromatic heterocycles. The summed E-state index contributed by atoms with van der Waals surface area (Å²) in [5.74, 6) is 0.780. The summed E-state index contributed by atoms with van der Waals surface area (Å²) in [4.78, 5) is 14.7. The van der Waals surface area contributed by atoms with Crippen LogP contribution in [0.2, 0.25) is 0 Å². The lowest BCUT2D eigenvalue weighted by atomic mass is 9.90. The minimum atomic E-state index is -0.177. The van der Waals surface area contributed by atoms with Crippen molar-refractivity contribution >= 4 is 5.91 Å². The molecule has 1 saturated carbocycles. The van der Waals surface area contributed by atoms with E-state index < -0.39 is 0 Å². The molecule has 0 bridgehead atoms. The van der Waals surface area contributed by atoms with Gasteiger partial charge in [-0.1, -0.05) is 48.5 Å². The zero-order chi connectivity index (χ0) is 17.2. The summed E-state index contributed by atoms with van der Waals surface area (Å²) in [5, 5.41) is 0. The van der Waals surface area contributed by atoms with Crippen molar-refractivity contribution in [3.8, 4) is 0 Å². The van der Waals surface area contributed by atoms with Crippen molar-refractivity contribution in [1.29, 1.82) is 0 Å². The number of carbonyl (C=O) groups is 1. The third-order valence-electron chi connectivity index (χ3n) is 5.71. The first-order valence-corrected chi connectivity index (χ1v) is 9.29. The van der Waals surface area contributed by atoms with Crippen molar-refractivity contribution in [3.63, 3.8) is 0 Å². The van der Waals surface area contributed by atoms with E-state index in [0.29, 0.717) is 11.5 Å². The van der Waals surface area contributed by atoms with E-state index in [0.717, 1.165) is 38.8 Å². The smallest absolute Gasteiger partial charge is 0.226 e. The highest BCUT2D eigenvalue weighted by atomic mass is 19.1. The molecule has 2 aromatic carbocycles. The number of carbonyl (C=O) groups excluding carboxylic acids is 1. The lowest BCUT2D eigenvalue weighted by Crippen LogP contribution is -2.40. The first kappa shape index (κ1) is 16.3. The minimum Gasteiger partial charge on any atom is -0.342 e. The first-order valence-electron chi connectivity index (χ1n) is 9.29. The number of benzene rings is 2. The number of likely N-dealkylation sites (tertiary alicyclic amines) is 1. The van der Waals surface area contributed by atoms with Gasteiger partial charge in [-0.25, -0.2) is 4.39 Å². The van der Waals surface area contributed by atoms with E-state index in [2.05, 4.69) is 24.3 Å². The largest absolute Gasteiger partial charge is 0.342 e. The molecule has 1 heterocycles. The molecule has 1 aliphatic heterocycles. The number of hydrogen-bond donors (Lipinski definition) is 0. The van der Waals surface area contributed by atoms with Gasteiger partial charge in [0.05, 0.1) is 0 Å². The predicted molar refractivity (Wildman–Crippen MR) is 96.7 cm³/mol. The molecule has 2 atom stereocenters.